The number of carboxylic acids is 1. The maximum atomic E-state index is 14.1. The number of alkyl halides is 3. The van der Waals surface area contributed by atoms with Crippen molar-refractivity contribution in [3.05, 3.63) is 94.6 Å². The first kappa shape index (κ1) is 25.0. The van der Waals surface area contributed by atoms with Gasteiger partial charge >= 0.3 is 12.1 Å². The van der Waals surface area contributed by atoms with Crippen LogP contribution < -0.4 is 4.74 Å². The summed E-state index contributed by atoms with van der Waals surface area (Å²) < 4.78 is 60.6. The third-order valence-electron chi connectivity index (χ3n) is 5.45. The van der Waals surface area contributed by atoms with Crippen LogP contribution in [0.25, 0.3) is 11.1 Å². The number of carboxylic acid groups (broad SMARTS) is 1. The predicted molar refractivity (Wildman–Crippen MR) is 120 cm³/mol. The second-order valence-corrected chi connectivity index (χ2v) is 7.88. The fourth-order valence-electron chi connectivity index (χ4n) is 3.41. The fourth-order valence-corrected chi connectivity index (χ4v) is 3.41. The molecule has 0 fully saturated rings. The first-order valence-electron chi connectivity index (χ1n) is 10.5. The molecule has 0 radical (unpaired) electrons. The highest BCUT2D eigenvalue weighted by molar-refractivity contribution is 5.85. The molecule has 2 aromatic carbocycles. The molecule has 0 saturated carbocycles. The summed E-state index contributed by atoms with van der Waals surface area (Å²) in [5.41, 5.74) is 1.52. The van der Waals surface area contributed by atoms with Crippen LogP contribution in [0.3, 0.4) is 0 Å². The van der Waals surface area contributed by atoms with Crippen LogP contribution in [0.2, 0.25) is 0 Å². The number of aromatic nitrogens is 1. The van der Waals surface area contributed by atoms with Crippen molar-refractivity contribution in [3.8, 4) is 16.9 Å². The van der Waals surface area contributed by atoms with E-state index in [1.54, 1.807) is 6.07 Å². The maximum Gasteiger partial charge on any atom is 0.417 e. The molecule has 34 heavy (non-hydrogen) atoms. The summed E-state index contributed by atoms with van der Waals surface area (Å²) in [4.78, 5) is 14.8. The Morgan fingerprint density at radius 2 is 1.74 bits per heavy atom. The molecule has 178 valence electrons. The summed E-state index contributed by atoms with van der Waals surface area (Å²) in [5, 5.41) is 8.92. The van der Waals surface area contributed by atoms with E-state index in [-0.39, 0.29) is 29.2 Å². The second kappa shape index (κ2) is 10.5. The van der Waals surface area contributed by atoms with Crippen molar-refractivity contribution in [2.24, 2.45) is 0 Å². The van der Waals surface area contributed by atoms with Gasteiger partial charge in [0.15, 0.2) is 0 Å². The minimum absolute atomic E-state index is 0.0326. The third kappa shape index (κ3) is 6.21. The van der Waals surface area contributed by atoms with E-state index < -0.39 is 23.5 Å². The Balaban J connectivity index is 1.69. The van der Waals surface area contributed by atoms with Gasteiger partial charge in [-0.1, -0.05) is 35.4 Å². The lowest BCUT2D eigenvalue weighted by atomic mass is 9.98. The number of benzene rings is 2. The Hall–Kier alpha value is -3.68. The smallest absolute Gasteiger partial charge is 0.417 e. The first-order valence-corrected chi connectivity index (χ1v) is 10.5. The van der Waals surface area contributed by atoms with Gasteiger partial charge in [0.1, 0.15) is 17.3 Å². The standard InChI is InChI=1S/C26H23F4NO3/c1-16(17(2)13-18-7-10-24(25(32)33)31-15-18)11-12-34-19-8-9-20(22(14-19)26(28,29)30)21-5-3-4-6-23(21)27/h3-10,14-15H,11-13H2,1-2H3,(H,32,33)/b17-16+. The van der Waals surface area contributed by atoms with Gasteiger partial charge in [0.25, 0.3) is 0 Å². The molecule has 1 heterocycles. The third-order valence-corrected chi connectivity index (χ3v) is 5.45. The number of carbonyl (C=O) groups is 1. The lowest BCUT2D eigenvalue weighted by molar-refractivity contribution is -0.137. The van der Waals surface area contributed by atoms with Crippen LogP contribution in [0.4, 0.5) is 17.6 Å². The van der Waals surface area contributed by atoms with E-state index in [0.29, 0.717) is 12.8 Å². The molecule has 0 amide bonds. The van der Waals surface area contributed by atoms with Gasteiger partial charge in [-0.15, -0.1) is 0 Å². The molecule has 3 rings (SSSR count). The highest BCUT2D eigenvalue weighted by atomic mass is 19.4. The molecule has 1 N–H and O–H groups in total. The van der Waals surface area contributed by atoms with Crippen LogP contribution in [0, 0.1) is 5.82 Å². The largest absolute Gasteiger partial charge is 0.493 e. The molecule has 0 atom stereocenters. The van der Waals surface area contributed by atoms with E-state index in [1.165, 1.54) is 42.6 Å². The van der Waals surface area contributed by atoms with Gasteiger partial charge in [-0.3, -0.25) is 0 Å². The molecular formula is C26H23F4NO3. The Kier molecular flexibility index (Phi) is 7.71. The minimum Gasteiger partial charge on any atom is -0.493 e. The summed E-state index contributed by atoms with van der Waals surface area (Å²) in [6.07, 6.45) is -2.11. The Morgan fingerprint density at radius 3 is 2.35 bits per heavy atom. The maximum absolute atomic E-state index is 14.1. The monoisotopic (exact) mass is 473 g/mol. The number of pyridine rings is 1. The number of ether oxygens (including phenoxy) is 1. The van der Waals surface area contributed by atoms with E-state index in [1.807, 2.05) is 13.8 Å². The molecule has 0 saturated heterocycles. The molecule has 4 nitrogen and oxygen atoms in total. The van der Waals surface area contributed by atoms with Gasteiger partial charge in [0.05, 0.1) is 12.2 Å². The van der Waals surface area contributed by atoms with Crippen LogP contribution in [-0.2, 0) is 12.6 Å². The lowest BCUT2D eigenvalue weighted by Crippen LogP contribution is -2.09. The highest BCUT2D eigenvalue weighted by Gasteiger charge is 2.34. The highest BCUT2D eigenvalue weighted by Crippen LogP contribution is 2.40. The summed E-state index contributed by atoms with van der Waals surface area (Å²) in [5.74, 6) is -1.78. The minimum atomic E-state index is -4.67. The molecule has 0 aliphatic heterocycles. The second-order valence-electron chi connectivity index (χ2n) is 7.88. The van der Waals surface area contributed by atoms with Crippen LogP contribution in [0.5, 0.6) is 5.75 Å². The summed E-state index contributed by atoms with van der Waals surface area (Å²) >= 11 is 0. The molecule has 0 bridgehead atoms. The summed E-state index contributed by atoms with van der Waals surface area (Å²) in [6, 6.07) is 12.0. The quantitative estimate of drug-likeness (QED) is 0.284. The topological polar surface area (TPSA) is 59.4 Å². The van der Waals surface area contributed by atoms with E-state index in [9.17, 15) is 22.4 Å². The van der Waals surface area contributed by atoms with Gasteiger partial charge < -0.3 is 9.84 Å². The van der Waals surface area contributed by atoms with E-state index in [2.05, 4.69) is 4.98 Å². The number of aromatic carboxylic acids is 1. The van der Waals surface area contributed by atoms with Crippen molar-refractivity contribution < 1.29 is 32.2 Å². The summed E-state index contributed by atoms with van der Waals surface area (Å²) in [7, 11) is 0. The van der Waals surface area contributed by atoms with Crippen LogP contribution in [0.15, 0.2) is 71.9 Å². The van der Waals surface area contributed by atoms with Gasteiger partial charge in [-0.25, -0.2) is 14.2 Å². The zero-order valence-electron chi connectivity index (χ0n) is 18.6. The lowest BCUT2D eigenvalue weighted by Gasteiger charge is -2.16. The molecule has 1 aromatic heterocycles. The Labute approximate surface area is 194 Å². The molecule has 0 aliphatic rings. The number of halogens is 4. The molecule has 8 heteroatoms. The van der Waals surface area contributed by atoms with Gasteiger partial charge in [-0.05, 0) is 61.7 Å². The average molecular weight is 473 g/mol. The molecule has 0 unspecified atom stereocenters. The SMILES string of the molecule is C/C(CCOc1ccc(-c2ccccc2F)c(C(F)(F)F)c1)=C(/C)Cc1ccc(C(=O)O)nc1. The predicted octanol–water partition coefficient (Wildman–Crippen LogP) is 6.95. The van der Waals surface area contributed by atoms with Crippen LogP contribution in [0.1, 0.15) is 41.9 Å². The van der Waals surface area contributed by atoms with E-state index in [4.69, 9.17) is 9.84 Å². The van der Waals surface area contributed by atoms with Crippen molar-refractivity contribution >= 4 is 5.97 Å². The van der Waals surface area contributed by atoms with E-state index in [0.717, 1.165) is 28.8 Å². The number of hydrogen-bond donors (Lipinski definition) is 1. The summed E-state index contributed by atoms with van der Waals surface area (Å²) in [6.45, 7) is 3.99. The normalized spacial score (nSPS) is 12.3. The number of allylic oxidation sites excluding steroid dienone is 1. The number of hydrogen-bond acceptors (Lipinski definition) is 3. The number of rotatable bonds is 8. The molecule has 0 spiro atoms. The number of nitrogens with zero attached hydrogens (tertiary/aromatic N) is 1. The van der Waals surface area contributed by atoms with Crippen molar-refractivity contribution in [3.63, 3.8) is 0 Å². The van der Waals surface area contributed by atoms with Crippen molar-refractivity contribution in [1.29, 1.82) is 0 Å². The molecule has 0 aliphatic carbocycles. The van der Waals surface area contributed by atoms with Gasteiger partial charge in [0, 0.05) is 18.2 Å². The zero-order valence-corrected chi connectivity index (χ0v) is 18.6. The van der Waals surface area contributed by atoms with Crippen molar-refractivity contribution in [1.82, 2.24) is 4.98 Å². The Morgan fingerprint density at radius 1 is 1.00 bits per heavy atom. The first-order chi connectivity index (χ1) is 16.1. The zero-order chi connectivity index (χ0) is 24.9. The van der Waals surface area contributed by atoms with Crippen LogP contribution >= 0.6 is 0 Å². The fraction of sp³-hybridized carbons (Fsp3) is 0.231. The van der Waals surface area contributed by atoms with Crippen molar-refractivity contribution in [2.75, 3.05) is 6.61 Å². The van der Waals surface area contributed by atoms with Gasteiger partial charge in [-0.2, -0.15) is 13.2 Å². The Bertz CT molecular complexity index is 1200. The molecular weight excluding hydrogens is 450 g/mol. The van der Waals surface area contributed by atoms with Gasteiger partial charge in [0.2, 0.25) is 0 Å². The molecule has 3 aromatic rings. The van der Waals surface area contributed by atoms with Crippen LogP contribution in [-0.4, -0.2) is 22.7 Å². The van der Waals surface area contributed by atoms with Crippen molar-refractivity contribution in [2.45, 2.75) is 32.9 Å². The average Bonchev–Trinajstić information content (AvgIpc) is 2.79. The van der Waals surface area contributed by atoms with E-state index >= 15 is 0 Å².